The van der Waals surface area contributed by atoms with Gasteiger partial charge in [0.15, 0.2) is 4.32 Å². The van der Waals surface area contributed by atoms with Gasteiger partial charge in [0.05, 0.1) is 15.6 Å². The van der Waals surface area contributed by atoms with Crippen LogP contribution in [0.2, 0.25) is 5.02 Å². The minimum Gasteiger partial charge on any atom is -0.362 e. The fourth-order valence-corrected chi connectivity index (χ4v) is 3.35. The van der Waals surface area contributed by atoms with Crippen LogP contribution in [0.5, 0.6) is 0 Å². The average Bonchev–Trinajstić information content (AvgIpc) is 3.03. The summed E-state index contributed by atoms with van der Waals surface area (Å²) in [6, 6.07) is 7.77. The number of amides is 1. The van der Waals surface area contributed by atoms with E-state index in [4.69, 9.17) is 23.8 Å². The predicted octanol–water partition coefficient (Wildman–Crippen LogP) is 4.21. The average molecular weight is 339 g/mol. The Morgan fingerprint density at radius 3 is 2.86 bits per heavy atom. The molecule has 7 heteroatoms. The van der Waals surface area contributed by atoms with Crippen LogP contribution in [0.1, 0.15) is 5.69 Å². The summed E-state index contributed by atoms with van der Waals surface area (Å²) in [6.07, 6.45) is 3.50. The summed E-state index contributed by atoms with van der Waals surface area (Å²) in [5, 5.41) is -0.0464. The molecule has 0 unspecified atom stereocenters. The van der Waals surface area contributed by atoms with E-state index < -0.39 is 5.82 Å². The van der Waals surface area contributed by atoms with Gasteiger partial charge in [-0.1, -0.05) is 35.6 Å². The van der Waals surface area contributed by atoms with Gasteiger partial charge in [-0.05, 0) is 36.4 Å². The highest BCUT2D eigenvalue weighted by Crippen LogP contribution is 2.36. The van der Waals surface area contributed by atoms with E-state index in [0.29, 0.717) is 14.9 Å². The van der Waals surface area contributed by atoms with E-state index in [0.717, 1.165) is 5.69 Å². The highest BCUT2D eigenvalue weighted by atomic mass is 35.5. The van der Waals surface area contributed by atoms with Gasteiger partial charge < -0.3 is 4.98 Å². The largest absolute Gasteiger partial charge is 0.362 e. The van der Waals surface area contributed by atoms with Crippen molar-refractivity contribution in [1.82, 2.24) is 4.98 Å². The van der Waals surface area contributed by atoms with Crippen molar-refractivity contribution in [1.29, 1.82) is 0 Å². The summed E-state index contributed by atoms with van der Waals surface area (Å²) in [6.45, 7) is 0. The standard InChI is InChI=1S/C14H8ClFN2OS2/c15-10-7-9(3-4-11(10)16)18-13(19)12(21-14(18)20)6-8-2-1-5-17-8/h1-7,17H/b12-6+. The summed E-state index contributed by atoms with van der Waals surface area (Å²) in [4.78, 5) is 17.3. The van der Waals surface area contributed by atoms with Crippen molar-refractivity contribution in [2.45, 2.75) is 0 Å². The number of rotatable bonds is 2. The molecule has 2 heterocycles. The van der Waals surface area contributed by atoms with Crippen molar-refractivity contribution < 1.29 is 9.18 Å². The van der Waals surface area contributed by atoms with Crippen molar-refractivity contribution in [3.8, 4) is 0 Å². The van der Waals surface area contributed by atoms with E-state index in [1.165, 1.54) is 34.9 Å². The zero-order chi connectivity index (χ0) is 15.0. The first-order valence-corrected chi connectivity index (χ1v) is 7.53. The predicted molar refractivity (Wildman–Crippen MR) is 87.9 cm³/mol. The number of nitrogens with one attached hydrogen (secondary N) is 1. The SMILES string of the molecule is O=C1/C(=C\c2ccc[nH]2)SC(=S)N1c1ccc(F)c(Cl)c1. The molecule has 1 amide bonds. The van der Waals surface area contributed by atoms with Gasteiger partial charge in [-0.25, -0.2) is 4.39 Å². The molecule has 1 saturated heterocycles. The number of H-pyrrole nitrogens is 1. The van der Waals surface area contributed by atoms with Crippen LogP contribution in [0, 0.1) is 5.82 Å². The van der Waals surface area contributed by atoms with Crippen molar-refractivity contribution >= 4 is 57.6 Å². The molecule has 3 rings (SSSR count). The number of thiocarbonyl (C=S) groups is 1. The first kappa shape index (κ1) is 14.3. The molecule has 1 aromatic carbocycles. The van der Waals surface area contributed by atoms with Crippen LogP contribution in [0.25, 0.3) is 6.08 Å². The lowest BCUT2D eigenvalue weighted by Gasteiger charge is -2.14. The van der Waals surface area contributed by atoms with Crippen LogP contribution in [-0.2, 0) is 4.79 Å². The Balaban J connectivity index is 1.95. The molecule has 0 saturated carbocycles. The monoisotopic (exact) mass is 338 g/mol. The van der Waals surface area contributed by atoms with Crippen molar-refractivity contribution in [3.05, 3.63) is 58.0 Å². The van der Waals surface area contributed by atoms with Gasteiger partial charge in [-0.2, -0.15) is 0 Å². The molecular weight excluding hydrogens is 331 g/mol. The third kappa shape index (κ3) is 2.74. The van der Waals surface area contributed by atoms with E-state index in [9.17, 15) is 9.18 Å². The second kappa shape index (κ2) is 5.63. The van der Waals surface area contributed by atoms with Crippen LogP contribution in [0.4, 0.5) is 10.1 Å². The van der Waals surface area contributed by atoms with Crippen LogP contribution in [0.3, 0.4) is 0 Å². The minimum atomic E-state index is -0.534. The number of carbonyl (C=O) groups is 1. The molecule has 21 heavy (non-hydrogen) atoms. The summed E-state index contributed by atoms with van der Waals surface area (Å²) >= 11 is 12.2. The number of aromatic amines is 1. The lowest BCUT2D eigenvalue weighted by atomic mass is 10.2. The maximum absolute atomic E-state index is 13.2. The zero-order valence-corrected chi connectivity index (χ0v) is 12.9. The third-order valence-electron chi connectivity index (χ3n) is 2.86. The quantitative estimate of drug-likeness (QED) is 0.658. The number of carbonyl (C=O) groups excluding carboxylic acids is 1. The maximum Gasteiger partial charge on any atom is 0.270 e. The molecule has 0 atom stereocenters. The number of thioether (sulfide) groups is 1. The van der Waals surface area contributed by atoms with Crippen LogP contribution in [-0.4, -0.2) is 15.2 Å². The molecule has 1 aliphatic rings. The Morgan fingerprint density at radius 2 is 2.19 bits per heavy atom. The Kier molecular flexibility index (Phi) is 3.84. The van der Waals surface area contributed by atoms with Gasteiger partial charge in [0.25, 0.3) is 5.91 Å². The Labute approximate surface area is 134 Å². The van der Waals surface area contributed by atoms with Gasteiger partial charge in [0.2, 0.25) is 0 Å². The lowest BCUT2D eigenvalue weighted by Crippen LogP contribution is -2.27. The summed E-state index contributed by atoms with van der Waals surface area (Å²) < 4.78 is 13.6. The normalized spacial score (nSPS) is 17.0. The van der Waals surface area contributed by atoms with Gasteiger partial charge in [-0.15, -0.1) is 0 Å². The molecule has 106 valence electrons. The number of hydrogen-bond donors (Lipinski definition) is 1. The van der Waals surface area contributed by atoms with Gasteiger partial charge >= 0.3 is 0 Å². The molecule has 0 bridgehead atoms. The fraction of sp³-hybridized carbons (Fsp3) is 0. The number of halogens is 2. The number of aromatic nitrogens is 1. The van der Waals surface area contributed by atoms with E-state index in [1.54, 1.807) is 12.3 Å². The van der Waals surface area contributed by atoms with Crippen LogP contribution >= 0.6 is 35.6 Å². The third-order valence-corrected chi connectivity index (χ3v) is 4.46. The molecule has 1 N–H and O–H groups in total. The fourth-order valence-electron chi connectivity index (χ4n) is 1.89. The molecule has 3 nitrogen and oxygen atoms in total. The highest BCUT2D eigenvalue weighted by molar-refractivity contribution is 8.27. The molecule has 1 aliphatic heterocycles. The zero-order valence-electron chi connectivity index (χ0n) is 10.5. The van der Waals surface area contributed by atoms with Crippen molar-refractivity contribution in [2.24, 2.45) is 0 Å². The first-order valence-electron chi connectivity index (χ1n) is 5.92. The van der Waals surface area contributed by atoms with Gasteiger partial charge in [0, 0.05) is 11.9 Å². The number of benzene rings is 1. The molecule has 0 radical (unpaired) electrons. The number of nitrogens with zero attached hydrogens (tertiary/aromatic N) is 1. The summed E-state index contributed by atoms with van der Waals surface area (Å²) in [5.41, 5.74) is 1.27. The molecular formula is C14H8ClFN2OS2. The van der Waals surface area contributed by atoms with Gasteiger partial charge in [-0.3, -0.25) is 9.69 Å². The van der Waals surface area contributed by atoms with Gasteiger partial charge in [0.1, 0.15) is 5.82 Å². The van der Waals surface area contributed by atoms with Crippen molar-refractivity contribution in [2.75, 3.05) is 4.90 Å². The Morgan fingerprint density at radius 1 is 1.38 bits per heavy atom. The maximum atomic E-state index is 13.2. The summed E-state index contributed by atoms with van der Waals surface area (Å²) in [7, 11) is 0. The molecule has 0 spiro atoms. The van der Waals surface area contributed by atoms with E-state index in [-0.39, 0.29) is 10.9 Å². The Hall–Kier alpha value is -1.63. The number of anilines is 1. The summed E-state index contributed by atoms with van der Waals surface area (Å²) in [5.74, 6) is -0.782. The van der Waals surface area contributed by atoms with E-state index >= 15 is 0 Å². The highest BCUT2D eigenvalue weighted by Gasteiger charge is 2.33. The smallest absolute Gasteiger partial charge is 0.270 e. The number of hydrogen-bond acceptors (Lipinski definition) is 3. The van der Waals surface area contributed by atoms with E-state index in [2.05, 4.69) is 4.98 Å². The molecule has 2 aromatic rings. The second-order valence-corrected chi connectivity index (χ2v) is 6.32. The first-order chi connectivity index (χ1) is 10.1. The van der Waals surface area contributed by atoms with Crippen LogP contribution in [0.15, 0.2) is 41.4 Å². The second-order valence-electron chi connectivity index (χ2n) is 4.24. The van der Waals surface area contributed by atoms with E-state index in [1.807, 2.05) is 12.1 Å². The van der Waals surface area contributed by atoms with Crippen molar-refractivity contribution in [3.63, 3.8) is 0 Å². The topological polar surface area (TPSA) is 36.1 Å². The Bertz CT molecular complexity index is 758. The molecule has 1 fully saturated rings. The molecule has 0 aliphatic carbocycles. The molecule has 1 aromatic heterocycles. The van der Waals surface area contributed by atoms with Crippen LogP contribution < -0.4 is 4.90 Å². The minimum absolute atomic E-state index is 0.0464. The lowest BCUT2D eigenvalue weighted by molar-refractivity contribution is -0.113.